The maximum Gasteiger partial charge on any atom is 0.160 e. The summed E-state index contributed by atoms with van der Waals surface area (Å²) < 4.78 is 2.40. The zero-order valence-corrected chi connectivity index (χ0v) is 14.0. The molecule has 2 aromatic rings. The van der Waals surface area contributed by atoms with Crippen LogP contribution < -0.4 is 5.32 Å². The van der Waals surface area contributed by atoms with Gasteiger partial charge >= 0.3 is 0 Å². The van der Waals surface area contributed by atoms with Crippen molar-refractivity contribution in [3.63, 3.8) is 0 Å². The number of fused-ring (bicyclic) bond motifs is 1. The summed E-state index contributed by atoms with van der Waals surface area (Å²) in [6, 6.07) is 4.70. The molecule has 0 saturated carbocycles. The summed E-state index contributed by atoms with van der Waals surface area (Å²) in [6.45, 7) is 4.51. The first-order valence-corrected chi connectivity index (χ1v) is 9.02. The number of piperidine rings is 1. The van der Waals surface area contributed by atoms with Gasteiger partial charge in [-0.2, -0.15) is 0 Å². The molecule has 0 bridgehead atoms. The van der Waals surface area contributed by atoms with Gasteiger partial charge in [-0.05, 0) is 64.0 Å². The summed E-state index contributed by atoms with van der Waals surface area (Å²) >= 11 is 0. The number of nitrogens with zero attached hydrogens (tertiary/aromatic N) is 4. The van der Waals surface area contributed by atoms with Crippen molar-refractivity contribution in [3.05, 3.63) is 24.2 Å². The van der Waals surface area contributed by atoms with Gasteiger partial charge in [0, 0.05) is 25.2 Å². The third-order valence-electron chi connectivity index (χ3n) is 5.53. The standard InChI is InChI=1S/C18H27N5/c1-22-10-3-2-5-15(22)13-23-17(11-14-7-9-19-12-14)21-16-6-4-8-20-18(16)23/h4,6,8,14-15,19H,2-3,5,7,9-13H2,1H3. The number of likely N-dealkylation sites (N-methyl/N-ethyl adjacent to an activating group) is 1. The Balaban J connectivity index is 1.64. The van der Waals surface area contributed by atoms with Gasteiger partial charge in [-0.25, -0.2) is 9.97 Å². The van der Waals surface area contributed by atoms with E-state index in [0.717, 1.165) is 43.1 Å². The van der Waals surface area contributed by atoms with Gasteiger partial charge in [0.2, 0.25) is 0 Å². The average Bonchev–Trinajstić information content (AvgIpc) is 3.19. The van der Waals surface area contributed by atoms with Crippen molar-refractivity contribution in [1.82, 2.24) is 24.8 Å². The van der Waals surface area contributed by atoms with Crippen LogP contribution in [0.4, 0.5) is 0 Å². The molecule has 0 aliphatic carbocycles. The summed E-state index contributed by atoms with van der Waals surface area (Å²) in [5.74, 6) is 1.95. The van der Waals surface area contributed by atoms with Crippen molar-refractivity contribution in [2.24, 2.45) is 5.92 Å². The predicted molar refractivity (Wildman–Crippen MR) is 92.5 cm³/mol. The average molecular weight is 313 g/mol. The summed E-state index contributed by atoms with van der Waals surface area (Å²) in [6.07, 6.45) is 8.19. The highest BCUT2D eigenvalue weighted by atomic mass is 15.2. The van der Waals surface area contributed by atoms with Gasteiger partial charge in [0.15, 0.2) is 5.65 Å². The van der Waals surface area contributed by atoms with Crippen molar-refractivity contribution in [3.8, 4) is 0 Å². The molecule has 2 saturated heterocycles. The molecule has 5 nitrogen and oxygen atoms in total. The lowest BCUT2D eigenvalue weighted by molar-refractivity contribution is 0.167. The summed E-state index contributed by atoms with van der Waals surface area (Å²) in [5, 5.41) is 3.47. The number of aromatic nitrogens is 3. The molecule has 2 aliphatic rings. The molecule has 0 aromatic carbocycles. The van der Waals surface area contributed by atoms with E-state index >= 15 is 0 Å². The number of hydrogen-bond acceptors (Lipinski definition) is 4. The molecule has 4 heterocycles. The second-order valence-electron chi connectivity index (χ2n) is 7.18. The number of likely N-dealkylation sites (tertiary alicyclic amines) is 1. The van der Waals surface area contributed by atoms with E-state index < -0.39 is 0 Å². The first-order valence-electron chi connectivity index (χ1n) is 9.02. The van der Waals surface area contributed by atoms with E-state index in [1.54, 1.807) is 0 Å². The molecule has 2 atom stereocenters. The number of hydrogen-bond donors (Lipinski definition) is 1. The van der Waals surface area contributed by atoms with Gasteiger partial charge in [-0.15, -0.1) is 0 Å². The lowest BCUT2D eigenvalue weighted by atomic mass is 10.0. The molecule has 0 radical (unpaired) electrons. The molecular formula is C18H27N5. The van der Waals surface area contributed by atoms with E-state index in [4.69, 9.17) is 4.98 Å². The second kappa shape index (κ2) is 6.57. The molecule has 0 amide bonds. The minimum Gasteiger partial charge on any atom is -0.316 e. The first kappa shape index (κ1) is 15.1. The van der Waals surface area contributed by atoms with Gasteiger partial charge in [-0.1, -0.05) is 6.42 Å². The van der Waals surface area contributed by atoms with Crippen LogP contribution in [0.15, 0.2) is 18.3 Å². The lowest BCUT2D eigenvalue weighted by Gasteiger charge is -2.33. The Morgan fingerprint density at radius 2 is 2.26 bits per heavy atom. The van der Waals surface area contributed by atoms with Crippen LogP contribution in [0.3, 0.4) is 0 Å². The maximum absolute atomic E-state index is 4.92. The highest BCUT2D eigenvalue weighted by molar-refractivity contribution is 5.71. The van der Waals surface area contributed by atoms with Crippen LogP contribution in [0.25, 0.3) is 11.2 Å². The third-order valence-corrected chi connectivity index (χ3v) is 5.53. The fourth-order valence-electron chi connectivity index (χ4n) is 4.09. The molecule has 4 rings (SSSR count). The van der Waals surface area contributed by atoms with Crippen molar-refractivity contribution < 1.29 is 0 Å². The number of rotatable bonds is 4. The Morgan fingerprint density at radius 3 is 3.09 bits per heavy atom. The molecule has 2 aromatic heterocycles. The number of pyridine rings is 1. The Labute approximate surface area is 138 Å². The van der Waals surface area contributed by atoms with Gasteiger partial charge < -0.3 is 14.8 Å². The lowest BCUT2D eigenvalue weighted by Crippen LogP contribution is -2.39. The molecule has 5 heteroatoms. The zero-order chi connectivity index (χ0) is 15.6. The zero-order valence-electron chi connectivity index (χ0n) is 14.0. The second-order valence-corrected chi connectivity index (χ2v) is 7.18. The quantitative estimate of drug-likeness (QED) is 0.938. The topological polar surface area (TPSA) is 46.0 Å². The largest absolute Gasteiger partial charge is 0.316 e. The molecule has 1 N–H and O–H groups in total. The van der Waals surface area contributed by atoms with Gasteiger partial charge in [0.1, 0.15) is 11.3 Å². The minimum absolute atomic E-state index is 0.614. The molecule has 2 fully saturated rings. The van der Waals surface area contributed by atoms with E-state index in [1.165, 1.54) is 38.1 Å². The van der Waals surface area contributed by atoms with Crippen LogP contribution in [0.5, 0.6) is 0 Å². The molecule has 2 aliphatic heterocycles. The van der Waals surface area contributed by atoms with Crippen molar-refractivity contribution in [1.29, 1.82) is 0 Å². The van der Waals surface area contributed by atoms with Crippen LogP contribution in [0.2, 0.25) is 0 Å². The Kier molecular flexibility index (Phi) is 4.31. The minimum atomic E-state index is 0.614. The molecule has 2 unspecified atom stereocenters. The van der Waals surface area contributed by atoms with E-state index in [9.17, 15) is 0 Å². The summed E-state index contributed by atoms with van der Waals surface area (Å²) in [4.78, 5) is 12.1. The maximum atomic E-state index is 4.92. The van der Waals surface area contributed by atoms with E-state index in [2.05, 4.69) is 32.9 Å². The summed E-state index contributed by atoms with van der Waals surface area (Å²) in [7, 11) is 2.26. The highest BCUT2D eigenvalue weighted by Gasteiger charge is 2.24. The van der Waals surface area contributed by atoms with Gasteiger partial charge in [0.05, 0.1) is 0 Å². The van der Waals surface area contributed by atoms with E-state index in [1.807, 2.05) is 12.3 Å². The number of nitrogens with one attached hydrogen (secondary N) is 1. The van der Waals surface area contributed by atoms with Crippen LogP contribution in [-0.2, 0) is 13.0 Å². The number of imidazole rings is 1. The van der Waals surface area contributed by atoms with E-state index in [0.29, 0.717) is 6.04 Å². The van der Waals surface area contributed by atoms with Crippen LogP contribution in [-0.4, -0.2) is 52.2 Å². The Bertz CT molecular complexity index is 658. The first-order chi connectivity index (χ1) is 11.3. The predicted octanol–water partition coefficient (Wildman–Crippen LogP) is 2.07. The van der Waals surface area contributed by atoms with Crippen molar-refractivity contribution >= 4 is 11.2 Å². The smallest absolute Gasteiger partial charge is 0.160 e. The normalized spacial score (nSPS) is 26.1. The van der Waals surface area contributed by atoms with Gasteiger partial charge in [0.25, 0.3) is 0 Å². The van der Waals surface area contributed by atoms with Gasteiger partial charge in [-0.3, -0.25) is 0 Å². The Morgan fingerprint density at radius 1 is 1.30 bits per heavy atom. The Hall–Kier alpha value is -1.46. The molecule has 0 spiro atoms. The fourth-order valence-corrected chi connectivity index (χ4v) is 4.09. The van der Waals surface area contributed by atoms with Crippen LogP contribution in [0, 0.1) is 5.92 Å². The molecular weight excluding hydrogens is 286 g/mol. The van der Waals surface area contributed by atoms with Crippen LogP contribution >= 0.6 is 0 Å². The monoisotopic (exact) mass is 313 g/mol. The summed E-state index contributed by atoms with van der Waals surface area (Å²) in [5.41, 5.74) is 2.11. The SMILES string of the molecule is CN1CCCCC1Cn1c(CC2CCNC2)nc2cccnc21. The molecule has 124 valence electrons. The highest BCUT2D eigenvalue weighted by Crippen LogP contribution is 2.23. The van der Waals surface area contributed by atoms with Crippen molar-refractivity contribution in [2.45, 2.75) is 44.7 Å². The van der Waals surface area contributed by atoms with E-state index in [-0.39, 0.29) is 0 Å². The molecule has 23 heavy (non-hydrogen) atoms. The van der Waals surface area contributed by atoms with Crippen LogP contribution in [0.1, 0.15) is 31.5 Å². The van der Waals surface area contributed by atoms with Crippen molar-refractivity contribution in [2.75, 3.05) is 26.7 Å². The fraction of sp³-hybridized carbons (Fsp3) is 0.667. The third kappa shape index (κ3) is 3.12.